The number of nitrogens with zero attached hydrogens (tertiary/aromatic N) is 1. The van der Waals surface area contributed by atoms with Gasteiger partial charge >= 0.3 is 5.97 Å². The van der Waals surface area contributed by atoms with Gasteiger partial charge in [-0.1, -0.05) is 12.1 Å². The Kier molecular flexibility index (Phi) is 4.60. The van der Waals surface area contributed by atoms with Crippen LogP contribution in [0.5, 0.6) is 5.75 Å². The molecule has 0 saturated heterocycles. The second-order valence-corrected chi connectivity index (χ2v) is 5.99. The number of aromatic nitrogens is 1. The molecular formula is C19H21NO3. The third-order valence-corrected chi connectivity index (χ3v) is 4.70. The summed E-state index contributed by atoms with van der Waals surface area (Å²) in [5, 5.41) is 9.28. The maximum absolute atomic E-state index is 11.3. The number of methoxy groups -OCH3 is 1. The Labute approximate surface area is 136 Å². The highest BCUT2D eigenvalue weighted by molar-refractivity contribution is 5.89. The zero-order chi connectivity index (χ0) is 16.2. The van der Waals surface area contributed by atoms with Crippen LogP contribution in [-0.4, -0.2) is 23.2 Å². The minimum Gasteiger partial charge on any atom is -0.496 e. The van der Waals surface area contributed by atoms with Gasteiger partial charge in [-0.3, -0.25) is 4.98 Å². The molecule has 1 aromatic heterocycles. The minimum atomic E-state index is -0.881. The third-order valence-electron chi connectivity index (χ3n) is 4.70. The van der Waals surface area contributed by atoms with Gasteiger partial charge in [0.2, 0.25) is 0 Å². The number of carbonyl (C=O) groups is 1. The molecule has 0 amide bonds. The van der Waals surface area contributed by atoms with Crippen LogP contribution in [-0.2, 0) is 12.8 Å². The van der Waals surface area contributed by atoms with E-state index in [1.807, 2.05) is 12.1 Å². The van der Waals surface area contributed by atoms with E-state index in [0.717, 1.165) is 43.4 Å². The quantitative estimate of drug-likeness (QED) is 0.911. The predicted molar refractivity (Wildman–Crippen MR) is 88.2 cm³/mol. The maximum atomic E-state index is 11.3. The molecule has 1 atom stereocenters. The molecule has 4 heteroatoms. The van der Waals surface area contributed by atoms with Crippen molar-refractivity contribution in [1.29, 1.82) is 0 Å². The molecule has 0 spiro atoms. The summed E-state index contributed by atoms with van der Waals surface area (Å²) >= 11 is 0. The monoisotopic (exact) mass is 311 g/mol. The minimum absolute atomic E-state index is 0.363. The van der Waals surface area contributed by atoms with Crippen molar-refractivity contribution in [2.45, 2.75) is 38.0 Å². The van der Waals surface area contributed by atoms with E-state index in [2.05, 4.69) is 11.1 Å². The van der Waals surface area contributed by atoms with Crippen molar-refractivity contribution in [3.05, 3.63) is 58.9 Å². The number of carboxylic acids is 1. The average Bonchev–Trinajstić information content (AvgIpc) is 2.59. The molecule has 0 aliphatic heterocycles. The van der Waals surface area contributed by atoms with E-state index in [-0.39, 0.29) is 0 Å². The van der Waals surface area contributed by atoms with Gasteiger partial charge in [-0.15, -0.1) is 0 Å². The van der Waals surface area contributed by atoms with Crippen molar-refractivity contribution in [1.82, 2.24) is 4.98 Å². The maximum Gasteiger partial charge on any atom is 0.336 e. The highest BCUT2D eigenvalue weighted by Gasteiger charge is 2.23. The molecule has 1 unspecified atom stereocenters. The Bertz CT molecular complexity index is 712. The molecule has 1 aliphatic rings. The van der Waals surface area contributed by atoms with Gasteiger partial charge in [0.05, 0.1) is 12.7 Å². The molecule has 0 bridgehead atoms. The number of fused-ring (bicyclic) bond motifs is 1. The van der Waals surface area contributed by atoms with Gasteiger partial charge in [-0.25, -0.2) is 4.79 Å². The molecular weight excluding hydrogens is 290 g/mol. The average molecular weight is 311 g/mol. The molecule has 1 aromatic carbocycles. The van der Waals surface area contributed by atoms with Gasteiger partial charge < -0.3 is 9.84 Å². The van der Waals surface area contributed by atoms with Crippen LogP contribution in [0.3, 0.4) is 0 Å². The van der Waals surface area contributed by atoms with Crippen LogP contribution in [0.15, 0.2) is 36.7 Å². The first-order valence-corrected chi connectivity index (χ1v) is 8.02. The fourth-order valence-corrected chi connectivity index (χ4v) is 3.57. The van der Waals surface area contributed by atoms with E-state index in [1.54, 1.807) is 19.4 Å². The van der Waals surface area contributed by atoms with Crippen LogP contribution in [0.1, 0.15) is 52.2 Å². The standard InChI is InChI=1S/C19H21NO3/c1-23-18-7-3-5-15-13(4-2-6-17(15)18)8-9-14-12-20-11-10-16(14)19(21)22/h3,5,7,10-13H,2,4,6,8-9H2,1H3,(H,21,22). The zero-order valence-corrected chi connectivity index (χ0v) is 13.3. The Morgan fingerprint density at radius 1 is 1.39 bits per heavy atom. The molecule has 0 fully saturated rings. The number of benzene rings is 1. The first kappa shape index (κ1) is 15.5. The highest BCUT2D eigenvalue weighted by Crippen LogP contribution is 2.38. The molecule has 3 rings (SSSR count). The van der Waals surface area contributed by atoms with Crippen molar-refractivity contribution < 1.29 is 14.6 Å². The van der Waals surface area contributed by atoms with E-state index in [0.29, 0.717) is 11.5 Å². The lowest BCUT2D eigenvalue weighted by molar-refractivity contribution is 0.0695. The molecule has 0 radical (unpaired) electrons. The van der Waals surface area contributed by atoms with Crippen LogP contribution >= 0.6 is 0 Å². The Balaban J connectivity index is 1.80. The topological polar surface area (TPSA) is 59.4 Å². The van der Waals surface area contributed by atoms with Crippen LogP contribution < -0.4 is 4.74 Å². The first-order valence-electron chi connectivity index (χ1n) is 8.02. The number of ether oxygens (including phenoxy) is 1. The van der Waals surface area contributed by atoms with Crippen LogP contribution in [0.2, 0.25) is 0 Å². The number of aromatic carboxylic acids is 1. The number of pyridine rings is 1. The largest absolute Gasteiger partial charge is 0.496 e. The van der Waals surface area contributed by atoms with E-state index in [1.165, 1.54) is 17.3 Å². The molecule has 2 aromatic rings. The van der Waals surface area contributed by atoms with Crippen LogP contribution in [0.4, 0.5) is 0 Å². The third kappa shape index (κ3) is 3.21. The lowest BCUT2D eigenvalue weighted by Crippen LogP contribution is -2.13. The molecule has 1 heterocycles. The van der Waals surface area contributed by atoms with Crippen LogP contribution in [0.25, 0.3) is 0 Å². The zero-order valence-electron chi connectivity index (χ0n) is 13.3. The molecule has 1 N–H and O–H groups in total. The summed E-state index contributed by atoms with van der Waals surface area (Å²) in [6.07, 6.45) is 8.23. The summed E-state index contributed by atoms with van der Waals surface area (Å²) in [5.41, 5.74) is 3.85. The lowest BCUT2D eigenvalue weighted by Gasteiger charge is -2.27. The SMILES string of the molecule is COc1cccc2c1CCCC2CCc1cnccc1C(=O)O. The van der Waals surface area contributed by atoms with Gasteiger partial charge in [-0.2, -0.15) is 0 Å². The van der Waals surface area contributed by atoms with E-state index >= 15 is 0 Å². The molecule has 0 saturated carbocycles. The van der Waals surface area contributed by atoms with E-state index in [4.69, 9.17) is 4.74 Å². The van der Waals surface area contributed by atoms with Gasteiger partial charge in [0.15, 0.2) is 0 Å². The van der Waals surface area contributed by atoms with Crippen molar-refractivity contribution in [3.8, 4) is 5.75 Å². The molecule has 4 nitrogen and oxygen atoms in total. The summed E-state index contributed by atoms with van der Waals surface area (Å²) in [4.78, 5) is 15.4. The highest BCUT2D eigenvalue weighted by atomic mass is 16.5. The normalized spacial score (nSPS) is 16.7. The predicted octanol–water partition coefficient (Wildman–Crippen LogP) is 3.84. The lowest BCUT2D eigenvalue weighted by atomic mass is 9.79. The Morgan fingerprint density at radius 2 is 2.26 bits per heavy atom. The first-order chi connectivity index (χ1) is 11.2. The molecule has 120 valence electrons. The molecule has 23 heavy (non-hydrogen) atoms. The van der Waals surface area contributed by atoms with E-state index in [9.17, 15) is 9.90 Å². The summed E-state index contributed by atoms with van der Waals surface area (Å²) < 4.78 is 5.49. The second kappa shape index (κ2) is 6.82. The van der Waals surface area contributed by atoms with Crippen molar-refractivity contribution in [3.63, 3.8) is 0 Å². The summed E-state index contributed by atoms with van der Waals surface area (Å²) in [7, 11) is 1.72. The number of aryl methyl sites for hydroxylation is 1. The van der Waals surface area contributed by atoms with Gasteiger partial charge in [0, 0.05) is 12.4 Å². The van der Waals surface area contributed by atoms with Crippen LogP contribution in [0, 0.1) is 0 Å². The van der Waals surface area contributed by atoms with Crippen molar-refractivity contribution in [2.75, 3.05) is 7.11 Å². The number of hydrogen-bond acceptors (Lipinski definition) is 3. The smallest absolute Gasteiger partial charge is 0.336 e. The fourth-order valence-electron chi connectivity index (χ4n) is 3.57. The summed E-state index contributed by atoms with van der Waals surface area (Å²) in [6, 6.07) is 7.83. The fraction of sp³-hybridized carbons (Fsp3) is 0.368. The number of carboxylic acid groups (broad SMARTS) is 1. The number of hydrogen-bond donors (Lipinski definition) is 1. The van der Waals surface area contributed by atoms with Gasteiger partial charge in [0.25, 0.3) is 0 Å². The summed E-state index contributed by atoms with van der Waals surface area (Å²) in [5.74, 6) is 0.545. The molecule has 1 aliphatic carbocycles. The van der Waals surface area contributed by atoms with Crippen molar-refractivity contribution in [2.24, 2.45) is 0 Å². The second-order valence-electron chi connectivity index (χ2n) is 5.99. The van der Waals surface area contributed by atoms with Gasteiger partial charge in [-0.05, 0) is 66.8 Å². The Hall–Kier alpha value is -2.36. The summed E-state index contributed by atoms with van der Waals surface area (Å²) in [6.45, 7) is 0. The van der Waals surface area contributed by atoms with E-state index < -0.39 is 5.97 Å². The number of rotatable bonds is 5. The van der Waals surface area contributed by atoms with Crippen molar-refractivity contribution >= 4 is 5.97 Å². The Morgan fingerprint density at radius 3 is 3.04 bits per heavy atom. The van der Waals surface area contributed by atoms with Gasteiger partial charge in [0.1, 0.15) is 5.75 Å².